The number of hydrogen-bond donors (Lipinski definition) is 1. The maximum Gasteiger partial charge on any atom is 0.494 e. The van der Waals surface area contributed by atoms with Gasteiger partial charge in [-0.2, -0.15) is 0 Å². The molecule has 1 aromatic carbocycles. The van der Waals surface area contributed by atoms with Crippen molar-refractivity contribution >= 4 is 23.7 Å². The molecule has 122 valence electrons. The summed E-state index contributed by atoms with van der Waals surface area (Å²) >= 11 is 0. The van der Waals surface area contributed by atoms with Gasteiger partial charge in [0.05, 0.1) is 17.2 Å². The van der Waals surface area contributed by atoms with Crippen molar-refractivity contribution < 1.29 is 13.7 Å². The molecule has 6 heteroatoms. The van der Waals surface area contributed by atoms with E-state index < -0.39 is 0 Å². The second kappa shape index (κ2) is 5.06. The summed E-state index contributed by atoms with van der Waals surface area (Å²) in [6.45, 7) is 9.27. The highest BCUT2D eigenvalue weighted by Crippen LogP contribution is 2.36. The van der Waals surface area contributed by atoms with Gasteiger partial charge in [-0.25, -0.2) is 4.98 Å². The normalized spacial score (nSPS) is 26.3. The van der Waals surface area contributed by atoms with E-state index >= 15 is 0 Å². The minimum atomic E-state index is -0.373. The van der Waals surface area contributed by atoms with E-state index in [9.17, 15) is 0 Å². The van der Waals surface area contributed by atoms with E-state index in [0.717, 1.165) is 35.4 Å². The fourth-order valence-corrected chi connectivity index (χ4v) is 3.13. The van der Waals surface area contributed by atoms with Gasteiger partial charge in [0.2, 0.25) is 5.89 Å². The SMILES string of the molecule is CC1(C)OB(c2ccc3nc(C4CCCN4)oc3c2)OC1(C)C. The zero-order valence-electron chi connectivity index (χ0n) is 14.2. The summed E-state index contributed by atoms with van der Waals surface area (Å²) in [7, 11) is -0.373. The van der Waals surface area contributed by atoms with Crippen molar-refractivity contribution in [1.29, 1.82) is 0 Å². The lowest BCUT2D eigenvalue weighted by Crippen LogP contribution is -2.41. The van der Waals surface area contributed by atoms with E-state index in [2.05, 4.69) is 38.0 Å². The van der Waals surface area contributed by atoms with Crippen LogP contribution in [-0.2, 0) is 9.31 Å². The average molecular weight is 314 g/mol. The van der Waals surface area contributed by atoms with Gasteiger partial charge in [-0.3, -0.25) is 0 Å². The van der Waals surface area contributed by atoms with Crippen LogP contribution in [0.2, 0.25) is 0 Å². The predicted molar refractivity (Wildman–Crippen MR) is 89.7 cm³/mol. The van der Waals surface area contributed by atoms with Gasteiger partial charge in [-0.1, -0.05) is 6.07 Å². The molecular formula is C17H23BN2O3. The zero-order valence-corrected chi connectivity index (χ0v) is 14.2. The third kappa shape index (κ3) is 2.49. The number of rotatable bonds is 2. The zero-order chi connectivity index (χ0) is 16.2. The number of nitrogens with zero attached hydrogens (tertiary/aromatic N) is 1. The molecule has 0 bridgehead atoms. The summed E-state index contributed by atoms with van der Waals surface area (Å²) in [5.74, 6) is 0.781. The molecule has 2 fully saturated rings. The van der Waals surface area contributed by atoms with E-state index in [1.807, 2.05) is 18.2 Å². The largest absolute Gasteiger partial charge is 0.494 e. The average Bonchev–Trinajstić information content (AvgIpc) is 3.17. The van der Waals surface area contributed by atoms with Crippen molar-refractivity contribution in [2.45, 2.75) is 57.8 Å². The van der Waals surface area contributed by atoms with Crippen molar-refractivity contribution in [1.82, 2.24) is 10.3 Å². The highest BCUT2D eigenvalue weighted by Gasteiger charge is 2.51. The van der Waals surface area contributed by atoms with Gasteiger partial charge in [-0.15, -0.1) is 0 Å². The van der Waals surface area contributed by atoms with E-state index in [1.165, 1.54) is 6.42 Å². The lowest BCUT2D eigenvalue weighted by Gasteiger charge is -2.32. The van der Waals surface area contributed by atoms with Crippen LogP contribution >= 0.6 is 0 Å². The Kier molecular flexibility index (Phi) is 3.34. The Morgan fingerprint density at radius 2 is 1.91 bits per heavy atom. The molecule has 2 aliphatic rings. The van der Waals surface area contributed by atoms with Gasteiger partial charge in [0.25, 0.3) is 0 Å². The first kappa shape index (κ1) is 15.2. The van der Waals surface area contributed by atoms with Gasteiger partial charge >= 0.3 is 7.12 Å². The Hall–Kier alpha value is -1.37. The molecule has 1 N–H and O–H groups in total. The molecular weight excluding hydrogens is 291 g/mol. The fourth-order valence-electron chi connectivity index (χ4n) is 3.13. The molecule has 0 aliphatic carbocycles. The smallest absolute Gasteiger partial charge is 0.439 e. The lowest BCUT2D eigenvalue weighted by atomic mass is 9.79. The molecule has 1 aromatic heterocycles. The Labute approximate surface area is 136 Å². The highest BCUT2D eigenvalue weighted by molar-refractivity contribution is 6.62. The molecule has 2 saturated heterocycles. The fraction of sp³-hybridized carbons (Fsp3) is 0.588. The van der Waals surface area contributed by atoms with Crippen LogP contribution in [0.3, 0.4) is 0 Å². The molecule has 1 atom stereocenters. The Morgan fingerprint density at radius 3 is 2.57 bits per heavy atom. The standard InChI is InChI=1S/C17H23BN2O3/c1-16(2)17(3,4)23-18(22-16)11-7-8-12-14(10-11)21-15(20-12)13-6-5-9-19-13/h7-8,10,13,19H,5-6,9H2,1-4H3. The molecule has 0 saturated carbocycles. The van der Waals surface area contributed by atoms with Gasteiger partial charge in [0, 0.05) is 0 Å². The van der Waals surface area contributed by atoms with Crippen LogP contribution in [-0.4, -0.2) is 29.8 Å². The molecule has 5 nitrogen and oxygen atoms in total. The van der Waals surface area contributed by atoms with Crippen molar-refractivity contribution in [2.75, 3.05) is 6.54 Å². The van der Waals surface area contributed by atoms with Crippen molar-refractivity contribution in [3.63, 3.8) is 0 Å². The molecule has 1 unspecified atom stereocenters. The topological polar surface area (TPSA) is 56.5 Å². The maximum absolute atomic E-state index is 6.11. The minimum Gasteiger partial charge on any atom is -0.439 e. The number of fused-ring (bicyclic) bond motifs is 1. The lowest BCUT2D eigenvalue weighted by molar-refractivity contribution is 0.00578. The molecule has 23 heavy (non-hydrogen) atoms. The minimum absolute atomic E-state index is 0.239. The van der Waals surface area contributed by atoms with Crippen molar-refractivity contribution in [3.05, 3.63) is 24.1 Å². The molecule has 2 aromatic rings. The number of nitrogens with one attached hydrogen (secondary N) is 1. The molecule has 0 amide bonds. The third-order valence-corrected chi connectivity index (χ3v) is 5.31. The van der Waals surface area contributed by atoms with Crippen molar-refractivity contribution in [3.8, 4) is 0 Å². The second-order valence-electron chi connectivity index (χ2n) is 7.52. The second-order valence-corrected chi connectivity index (χ2v) is 7.52. The van der Waals surface area contributed by atoms with Crippen LogP contribution in [0.5, 0.6) is 0 Å². The van der Waals surface area contributed by atoms with Crippen molar-refractivity contribution in [2.24, 2.45) is 0 Å². The Bertz CT molecular complexity index is 719. The Morgan fingerprint density at radius 1 is 1.17 bits per heavy atom. The molecule has 2 aliphatic heterocycles. The maximum atomic E-state index is 6.11. The highest BCUT2D eigenvalue weighted by atomic mass is 16.7. The number of oxazole rings is 1. The van der Waals surface area contributed by atoms with Crippen LogP contribution in [0, 0.1) is 0 Å². The third-order valence-electron chi connectivity index (χ3n) is 5.31. The van der Waals surface area contributed by atoms with Gasteiger partial charge in [0.15, 0.2) is 5.58 Å². The van der Waals surface area contributed by atoms with Gasteiger partial charge in [0.1, 0.15) is 5.52 Å². The molecule has 3 heterocycles. The molecule has 0 spiro atoms. The first-order chi connectivity index (χ1) is 10.9. The quantitative estimate of drug-likeness (QED) is 0.863. The summed E-state index contributed by atoms with van der Waals surface area (Å²) < 4.78 is 18.2. The first-order valence-electron chi connectivity index (χ1n) is 8.35. The summed E-state index contributed by atoms with van der Waals surface area (Å²) in [5, 5.41) is 3.42. The number of benzene rings is 1. The summed E-state index contributed by atoms with van der Waals surface area (Å²) in [4.78, 5) is 4.61. The van der Waals surface area contributed by atoms with E-state index in [1.54, 1.807) is 0 Å². The van der Waals surface area contributed by atoms with Crippen LogP contribution in [0.15, 0.2) is 22.6 Å². The first-order valence-corrected chi connectivity index (χ1v) is 8.35. The Balaban J connectivity index is 1.64. The summed E-state index contributed by atoms with van der Waals surface area (Å²) in [6.07, 6.45) is 2.25. The van der Waals surface area contributed by atoms with Crippen LogP contribution in [0.25, 0.3) is 11.1 Å². The predicted octanol–water partition coefficient (Wildman–Crippen LogP) is 2.55. The van der Waals surface area contributed by atoms with Crippen LogP contribution in [0.4, 0.5) is 0 Å². The van der Waals surface area contributed by atoms with Crippen LogP contribution < -0.4 is 10.8 Å². The van der Waals surface area contributed by atoms with Crippen LogP contribution in [0.1, 0.15) is 52.5 Å². The summed E-state index contributed by atoms with van der Waals surface area (Å²) in [5.41, 5.74) is 1.97. The van der Waals surface area contributed by atoms with E-state index in [4.69, 9.17) is 13.7 Å². The van der Waals surface area contributed by atoms with E-state index in [0.29, 0.717) is 0 Å². The van der Waals surface area contributed by atoms with Gasteiger partial charge in [-0.05, 0) is 64.7 Å². The van der Waals surface area contributed by atoms with Gasteiger partial charge < -0.3 is 19.0 Å². The number of aromatic nitrogens is 1. The monoisotopic (exact) mass is 314 g/mol. The number of hydrogen-bond acceptors (Lipinski definition) is 5. The van der Waals surface area contributed by atoms with E-state index in [-0.39, 0.29) is 24.4 Å². The summed E-state index contributed by atoms with van der Waals surface area (Å²) in [6, 6.07) is 6.22. The molecule has 4 rings (SSSR count). The molecule has 0 radical (unpaired) electrons.